The van der Waals surface area contributed by atoms with Gasteiger partial charge in [0.1, 0.15) is 29.7 Å². The molecule has 3 aromatic carbocycles. The predicted octanol–water partition coefficient (Wildman–Crippen LogP) is 4.25. The number of nitrogens with one attached hydrogen (secondary N) is 2. The molecule has 0 aliphatic rings. The summed E-state index contributed by atoms with van der Waals surface area (Å²) in [5.74, 6) is 0.834. The summed E-state index contributed by atoms with van der Waals surface area (Å²) in [6, 6.07) is 24.0. The Morgan fingerprint density at radius 1 is 0.919 bits per heavy atom. The maximum absolute atomic E-state index is 12.2. The number of hydrogen-bond donors (Lipinski definition) is 2. The van der Waals surface area contributed by atoms with Crippen molar-refractivity contribution in [3.05, 3.63) is 101 Å². The minimum atomic E-state index is -0.353. The van der Waals surface area contributed by atoms with Crippen molar-refractivity contribution in [3.8, 4) is 11.5 Å². The van der Waals surface area contributed by atoms with Gasteiger partial charge in [-0.25, -0.2) is 5.43 Å². The highest BCUT2D eigenvalue weighted by atomic mass is 32.1. The van der Waals surface area contributed by atoms with E-state index in [1.165, 1.54) is 6.21 Å². The molecule has 0 aliphatic heterocycles. The second-order valence-electron chi connectivity index (χ2n) is 7.88. The van der Waals surface area contributed by atoms with Crippen molar-refractivity contribution in [1.29, 1.82) is 0 Å². The molecule has 0 spiro atoms. The summed E-state index contributed by atoms with van der Waals surface area (Å²) in [6.07, 6.45) is 1.51. The van der Waals surface area contributed by atoms with Crippen LogP contribution in [0.15, 0.2) is 84.0 Å². The van der Waals surface area contributed by atoms with Gasteiger partial charge in [0.25, 0.3) is 5.91 Å². The zero-order valence-electron chi connectivity index (χ0n) is 20.1. The molecular weight excluding hydrogens is 490 g/mol. The molecule has 188 valence electrons. The highest BCUT2D eigenvalue weighted by Crippen LogP contribution is 2.17. The van der Waals surface area contributed by atoms with Crippen molar-refractivity contribution in [1.82, 2.24) is 15.6 Å². The molecule has 1 heterocycles. The normalized spacial score (nSPS) is 10.7. The summed E-state index contributed by atoms with van der Waals surface area (Å²) >= 11 is 1.13. The number of benzene rings is 3. The number of carbonyl (C=O) groups excluding carboxylic acids is 2. The lowest BCUT2D eigenvalue weighted by atomic mass is 10.2. The number of amides is 2. The van der Waals surface area contributed by atoms with Crippen molar-refractivity contribution in [2.45, 2.75) is 13.3 Å². The van der Waals surface area contributed by atoms with Gasteiger partial charge in [-0.1, -0.05) is 53.8 Å². The third-order valence-electron chi connectivity index (χ3n) is 4.91. The predicted molar refractivity (Wildman–Crippen MR) is 142 cm³/mol. The highest BCUT2D eigenvalue weighted by molar-refractivity contribution is 7.15. The Balaban J connectivity index is 1.20. The zero-order valence-corrected chi connectivity index (χ0v) is 20.9. The molecule has 0 atom stereocenters. The Kier molecular flexibility index (Phi) is 8.92. The second kappa shape index (κ2) is 12.9. The van der Waals surface area contributed by atoms with Crippen molar-refractivity contribution < 1.29 is 19.1 Å². The van der Waals surface area contributed by atoms with Gasteiger partial charge < -0.3 is 9.47 Å². The molecule has 0 aliphatic carbocycles. The Morgan fingerprint density at radius 2 is 1.65 bits per heavy atom. The van der Waals surface area contributed by atoms with Crippen molar-refractivity contribution in [2.75, 3.05) is 18.5 Å². The second-order valence-corrected chi connectivity index (χ2v) is 8.94. The van der Waals surface area contributed by atoms with Crippen LogP contribution in [0, 0.1) is 6.92 Å². The monoisotopic (exact) mass is 515 g/mol. The van der Waals surface area contributed by atoms with E-state index < -0.39 is 0 Å². The third kappa shape index (κ3) is 8.25. The minimum absolute atomic E-state index is 0.0136. The van der Waals surface area contributed by atoms with Gasteiger partial charge >= 0.3 is 0 Å². The number of carbonyl (C=O) groups is 2. The molecular formula is C27H25N5O4S. The molecule has 0 saturated heterocycles. The Bertz CT molecular complexity index is 1370. The molecule has 4 aromatic rings. The zero-order chi connectivity index (χ0) is 25.9. The molecule has 10 heteroatoms. The fourth-order valence-corrected chi connectivity index (χ4v) is 3.93. The first-order chi connectivity index (χ1) is 18.0. The van der Waals surface area contributed by atoms with E-state index in [-0.39, 0.29) is 18.2 Å². The van der Waals surface area contributed by atoms with E-state index in [0.717, 1.165) is 28.2 Å². The molecule has 2 N–H and O–H groups in total. The number of anilines is 1. The fraction of sp³-hybridized carbons (Fsp3) is 0.148. The average Bonchev–Trinajstić information content (AvgIpc) is 3.34. The first-order valence-corrected chi connectivity index (χ1v) is 12.3. The minimum Gasteiger partial charge on any atom is -0.490 e. The lowest BCUT2D eigenvalue weighted by Crippen LogP contribution is -2.19. The third-order valence-corrected chi connectivity index (χ3v) is 5.75. The van der Waals surface area contributed by atoms with E-state index in [4.69, 9.17) is 9.47 Å². The van der Waals surface area contributed by atoms with Crippen LogP contribution in [0.4, 0.5) is 5.13 Å². The lowest BCUT2D eigenvalue weighted by Gasteiger charge is -2.09. The molecule has 0 saturated carbocycles. The van der Waals surface area contributed by atoms with Crippen LogP contribution in [0.5, 0.6) is 11.5 Å². The first-order valence-electron chi connectivity index (χ1n) is 11.5. The molecule has 0 radical (unpaired) electrons. The van der Waals surface area contributed by atoms with E-state index in [1.54, 1.807) is 24.3 Å². The van der Waals surface area contributed by atoms with Crippen molar-refractivity contribution in [3.63, 3.8) is 0 Å². The van der Waals surface area contributed by atoms with E-state index >= 15 is 0 Å². The van der Waals surface area contributed by atoms with E-state index in [9.17, 15) is 9.59 Å². The van der Waals surface area contributed by atoms with Gasteiger partial charge in [-0.2, -0.15) is 5.10 Å². The van der Waals surface area contributed by atoms with E-state index in [2.05, 4.69) is 26.0 Å². The topological polar surface area (TPSA) is 115 Å². The van der Waals surface area contributed by atoms with Gasteiger partial charge in [-0.05, 0) is 54.4 Å². The summed E-state index contributed by atoms with van der Waals surface area (Å²) in [6.45, 7) is 2.82. The smallest absolute Gasteiger partial charge is 0.257 e. The Morgan fingerprint density at radius 3 is 2.41 bits per heavy atom. The van der Waals surface area contributed by atoms with Crippen LogP contribution in [-0.2, 0) is 11.2 Å². The van der Waals surface area contributed by atoms with Crippen LogP contribution in [0.25, 0.3) is 0 Å². The van der Waals surface area contributed by atoms with Gasteiger partial charge in [0, 0.05) is 5.56 Å². The number of hydrogen-bond acceptors (Lipinski definition) is 8. The summed E-state index contributed by atoms with van der Waals surface area (Å²) in [5, 5.41) is 15.3. The summed E-state index contributed by atoms with van der Waals surface area (Å²) in [7, 11) is 0. The number of nitrogens with zero attached hydrogens (tertiary/aromatic N) is 3. The number of aromatic nitrogens is 2. The number of rotatable bonds is 11. The highest BCUT2D eigenvalue weighted by Gasteiger charge is 2.12. The standard InChI is InChI=1S/C27H25N5O4S/c1-19-7-5-11-22(15-19)35-13-14-36-23-12-6-8-20(16-23)18-28-30-24(33)17-25-31-32-27(37-25)29-26(34)21-9-3-2-4-10-21/h2-12,15-16,18H,13-14,17H2,1H3,(H,30,33)(H,29,32,34)/b28-18+. The van der Waals surface area contributed by atoms with Gasteiger partial charge in [0.2, 0.25) is 11.0 Å². The first kappa shape index (κ1) is 25.5. The number of ether oxygens (including phenoxy) is 2. The summed E-state index contributed by atoms with van der Waals surface area (Å²) in [5.41, 5.74) is 4.88. The van der Waals surface area contributed by atoms with E-state index in [1.807, 2.05) is 61.5 Å². The number of aryl methyl sites for hydroxylation is 1. The molecule has 2 amide bonds. The Labute approximate surface area is 218 Å². The molecule has 1 aromatic heterocycles. The average molecular weight is 516 g/mol. The SMILES string of the molecule is Cc1cccc(OCCOc2cccc(/C=N/NC(=O)Cc3nnc(NC(=O)c4ccccc4)s3)c2)c1. The van der Waals surface area contributed by atoms with E-state index in [0.29, 0.717) is 34.7 Å². The van der Waals surface area contributed by atoms with Gasteiger partial charge in [0.15, 0.2) is 0 Å². The van der Waals surface area contributed by atoms with Crippen LogP contribution < -0.4 is 20.2 Å². The molecule has 0 bridgehead atoms. The van der Waals surface area contributed by atoms with Crippen molar-refractivity contribution in [2.24, 2.45) is 5.10 Å². The maximum atomic E-state index is 12.2. The van der Waals surface area contributed by atoms with Crippen LogP contribution in [-0.4, -0.2) is 41.4 Å². The molecule has 4 rings (SSSR count). The maximum Gasteiger partial charge on any atom is 0.257 e. The Hall–Kier alpha value is -4.57. The summed E-state index contributed by atoms with van der Waals surface area (Å²) < 4.78 is 11.4. The van der Waals surface area contributed by atoms with Crippen LogP contribution >= 0.6 is 11.3 Å². The van der Waals surface area contributed by atoms with Crippen LogP contribution in [0.1, 0.15) is 26.5 Å². The van der Waals surface area contributed by atoms with Crippen LogP contribution in [0.3, 0.4) is 0 Å². The van der Waals surface area contributed by atoms with Gasteiger partial charge in [-0.3, -0.25) is 14.9 Å². The quantitative estimate of drug-likeness (QED) is 0.175. The van der Waals surface area contributed by atoms with Gasteiger partial charge in [0.05, 0.1) is 12.6 Å². The summed E-state index contributed by atoms with van der Waals surface area (Å²) in [4.78, 5) is 24.4. The number of hydrazone groups is 1. The van der Waals surface area contributed by atoms with Crippen molar-refractivity contribution >= 4 is 34.5 Å². The molecule has 37 heavy (non-hydrogen) atoms. The molecule has 0 unspecified atom stereocenters. The van der Waals surface area contributed by atoms with Gasteiger partial charge in [-0.15, -0.1) is 10.2 Å². The fourth-order valence-electron chi connectivity index (χ4n) is 3.20. The molecule has 0 fully saturated rings. The lowest BCUT2D eigenvalue weighted by molar-refractivity contribution is -0.120. The largest absolute Gasteiger partial charge is 0.490 e. The molecule has 9 nitrogen and oxygen atoms in total. The van der Waals surface area contributed by atoms with Crippen LogP contribution in [0.2, 0.25) is 0 Å².